The molecule has 0 aliphatic carbocycles. The van der Waals surface area contributed by atoms with Crippen LogP contribution >= 0.6 is 0 Å². The molecule has 1 unspecified atom stereocenters. The summed E-state index contributed by atoms with van der Waals surface area (Å²) in [7, 11) is 0. The number of unbranched alkanes of at least 4 members (excludes halogenated alkanes) is 2. The van der Waals surface area contributed by atoms with E-state index in [9.17, 15) is 5.11 Å². The van der Waals surface area contributed by atoms with Gasteiger partial charge in [-0.05, 0) is 30.7 Å². The SMILES string of the molecule is CCCCCOc1ccc(NCC(O)CO)cc1. The number of benzene rings is 1. The molecule has 0 fully saturated rings. The van der Waals surface area contributed by atoms with Crippen LogP contribution in [0.25, 0.3) is 0 Å². The van der Waals surface area contributed by atoms with Crippen LogP contribution < -0.4 is 10.1 Å². The summed E-state index contributed by atoms with van der Waals surface area (Å²) < 4.78 is 5.59. The number of aliphatic hydroxyl groups excluding tert-OH is 2. The van der Waals surface area contributed by atoms with Crippen LogP contribution in [0.2, 0.25) is 0 Å². The summed E-state index contributed by atoms with van der Waals surface area (Å²) in [5, 5.41) is 20.9. The Hall–Kier alpha value is -1.26. The summed E-state index contributed by atoms with van der Waals surface area (Å²) in [4.78, 5) is 0. The Labute approximate surface area is 109 Å². The lowest BCUT2D eigenvalue weighted by atomic mass is 10.2. The Morgan fingerprint density at radius 1 is 1.22 bits per heavy atom. The maximum absolute atomic E-state index is 9.20. The van der Waals surface area contributed by atoms with E-state index in [2.05, 4.69) is 12.2 Å². The van der Waals surface area contributed by atoms with Gasteiger partial charge < -0.3 is 20.3 Å². The van der Waals surface area contributed by atoms with E-state index < -0.39 is 6.10 Å². The Morgan fingerprint density at radius 3 is 2.56 bits per heavy atom. The van der Waals surface area contributed by atoms with Gasteiger partial charge in [0.1, 0.15) is 5.75 Å². The lowest BCUT2D eigenvalue weighted by molar-refractivity contribution is 0.105. The predicted octanol–water partition coefficient (Wildman–Crippen LogP) is 2.02. The zero-order valence-electron chi connectivity index (χ0n) is 10.9. The molecule has 0 bridgehead atoms. The van der Waals surface area contributed by atoms with E-state index in [4.69, 9.17) is 9.84 Å². The first-order valence-electron chi connectivity index (χ1n) is 6.52. The van der Waals surface area contributed by atoms with Gasteiger partial charge in [0.15, 0.2) is 0 Å². The Kier molecular flexibility index (Phi) is 7.22. The van der Waals surface area contributed by atoms with Gasteiger partial charge in [0.05, 0.1) is 19.3 Å². The maximum atomic E-state index is 9.20. The molecule has 0 amide bonds. The second kappa shape index (κ2) is 8.78. The fraction of sp³-hybridized carbons (Fsp3) is 0.571. The number of hydrogen-bond acceptors (Lipinski definition) is 4. The van der Waals surface area contributed by atoms with Crippen molar-refractivity contribution in [3.63, 3.8) is 0 Å². The molecule has 18 heavy (non-hydrogen) atoms. The molecular weight excluding hydrogens is 230 g/mol. The molecule has 102 valence electrons. The normalized spacial score (nSPS) is 12.2. The quantitative estimate of drug-likeness (QED) is 0.589. The van der Waals surface area contributed by atoms with Crippen molar-refractivity contribution in [2.75, 3.05) is 25.1 Å². The van der Waals surface area contributed by atoms with E-state index in [-0.39, 0.29) is 6.61 Å². The molecule has 4 nitrogen and oxygen atoms in total. The van der Waals surface area contributed by atoms with E-state index in [1.54, 1.807) is 0 Å². The predicted molar refractivity (Wildman–Crippen MR) is 73.0 cm³/mol. The molecule has 3 N–H and O–H groups in total. The minimum Gasteiger partial charge on any atom is -0.494 e. The zero-order chi connectivity index (χ0) is 13.2. The molecule has 0 radical (unpaired) electrons. The smallest absolute Gasteiger partial charge is 0.119 e. The molecule has 4 heteroatoms. The maximum Gasteiger partial charge on any atom is 0.119 e. The van der Waals surface area contributed by atoms with Crippen LogP contribution in [0.4, 0.5) is 5.69 Å². The van der Waals surface area contributed by atoms with Crippen molar-refractivity contribution in [1.82, 2.24) is 0 Å². The van der Waals surface area contributed by atoms with E-state index in [0.29, 0.717) is 6.54 Å². The van der Waals surface area contributed by atoms with Crippen LogP contribution in [-0.4, -0.2) is 36.1 Å². The molecule has 1 aromatic rings. The molecule has 0 aliphatic rings. The monoisotopic (exact) mass is 253 g/mol. The van der Waals surface area contributed by atoms with Gasteiger partial charge in [0.25, 0.3) is 0 Å². The van der Waals surface area contributed by atoms with Gasteiger partial charge in [-0.2, -0.15) is 0 Å². The first-order chi connectivity index (χ1) is 8.76. The van der Waals surface area contributed by atoms with Gasteiger partial charge >= 0.3 is 0 Å². The lowest BCUT2D eigenvalue weighted by Gasteiger charge is -2.11. The largest absolute Gasteiger partial charge is 0.494 e. The third kappa shape index (κ3) is 5.89. The van der Waals surface area contributed by atoms with Crippen molar-refractivity contribution in [3.8, 4) is 5.75 Å². The fourth-order valence-electron chi connectivity index (χ4n) is 1.51. The van der Waals surface area contributed by atoms with E-state index in [1.165, 1.54) is 12.8 Å². The van der Waals surface area contributed by atoms with Gasteiger partial charge in [0.2, 0.25) is 0 Å². The van der Waals surface area contributed by atoms with Crippen LogP contribution in [0.5, 0.6) is 5.75 Å². The molecule has 0 aromatic heterocycles. The van der Waals surface area contributed by atoms with Crippen LogP contribution in [0.1, 0.15) is 26.2 Å². The van der Waals surface area contributed by atoms with Crippen LogP contribution in [-0.2, 0) is 0 Å². The number of hydrogen-bond donors (Lipinski definition) is 3. The molecule has 0 saturated heterocycles. The van der Waals surface area contributed by atoms with Crippen molar-refractivity contribution in [2.24, 2.45) is 0 Å². The molecule has 1 aromatic carbocycles. The van der Waals surface area contributed by atoms with Crippen LogP contribution in [0.3, 0.4) is 0 Å². The average molecular weight is 253 g/mol. The molecular formula is C14H23NO3. The summed E-state index contributed by atoms with van der Waals surface area (Å²) in [6.45, 7) is 3.03. The minimum absolute atomic E-state index is 0.231. The standard InChI is InChI=1S/C14H23NO3/c1-2-3-4-9-18-14-7-5-12(6-8-14)15-10-13(17)11-16/h5-8,13,15-17H,2-4,9-11H2,1H3. The number of ether oxygens (including phenoxy) is 1. The van der Waals surface area contributed by atoms with Crippen molar-refractivity contribution in [1.29, 1.82) is 0 Å². The second-order valence-corrected chi connectivity index (χ2v) is 4.30. The Balaban J connectivity index is 2.28. The van der Waals surface area contributed by atoms with Gasteiger partial charge in [-0.1, -0.05) is 19.8 Å². The second-order valence-electron chi connectivity index (χ2n) is 4.30. The lowest BCUT2D eigenvalue weighted by Crippen LogP contribution is -2.22. The molecule has 0 heterocycles. The first-order valence-corrected chi connectivity index (χ1v) is 6.52. The third-order valence-corrected chi connectivity index (χ3v) is 2.62. The Morgan fingerprint density at radius 2 is 1.94 bits per heavy atom. The summed E-state index contributed by atoms with van der Waals surface area (Å²) in [5.41, 5.74) is 0.906. The summed E-state index contributed by atoms with van der Waals surface area (Å²) in [6.07, 6.45) is 2.74. The number of aliphatic hydroxyl groups is 2. The third-order valence-electron chi connectivity index (χ3n) is 2.62. The van der Waals surface area contributed by atoms with Gasteiger partial charge in [-0.25, -0.2) is 0 Å². The van der Waals surface area contributed by atoms with Gasteiger partial charge in [0, 0.05) is 12.2 Å². The molecule has 0 saturated carbocycles. The molecule has 0 spiro atoms. The molecule has 1 atom stereocenters. The average Bonchev–Trinajstić information content (AvgIpc) is 2.42. The molecule has 0 aliphatic heterocycles. The summed E-state index contributed by atoms with van der Waals surface area (Å²) >= 11 is 0. The fourth-order valence-corrected chi connectivity index (χ4v) is 1.51. The highest BCUT2D eigenvalue weighted by molar-refractivity contribution is 5.46. The van der Waals surface area contributed by atoms with E-state index in [0.717, 1.165) is 24.5 Å². The van der Waals surface area contributed by atoms with Crippen molar-refractivity contribution < 1.29 is 14.9 Å². The first kappa shape index (κ1) is 14.8. The van der Waals surface area contributed by atoms with Crippen molar-refractivity contribution >= 4 is 5.69 Å². The van der Waals surface area contributed by atoms with Gasteiger partial charge in [-0.15, -0.1) is 0 Å². The number of anilines is 1. The minimum atomic E-state index is -0.727. The summed E-state index contributed by atoms with van der Waals surface area (Å²) in [5.74, 6) is 0.861. The molecule has 1 rings (SSSR count). The number of nitrogens with one attached hydrogen (secondary N) is 1. The van der Waals surface area contributed by atoms with E-state index in [1.807, 2.05) is 24.3 Å². The van der Waals surface area contributed by atoms with Crippen molar-refractivity contribution in [3.05, 3.63) is 24.3 Å². The highest BCUT2D eigenvalue weighted by Gasteiger charge is 2.01. The van der Waals surface area contributed by atoms with Gasteiger partial charge in [-0.3, -0.25) is 0 Å². The zero-order valence-corrected chi connectivity index (χ0v) is 10.9. The number of rotatable bonds is 9. The van der Waals surface area contributed by atoms with E-state index >= 15 is 0 Å². The topological polar surface area (TPSA) is 61.7 Å². The summed E-state index contributed by atoms with van der Waals surface area (Å²) in [6, 6.07) is 7.61. The van der Waals surface area contributed by atoms with Crippen molar-refractivity contribution in [2.45, 2.75) is 32.3 Å². The highest BCUT2D eigenvalue weighted by atomic mass is 16.5. The van der Waals surface area contributed by atoms with Crippen LogP contribution in [0, 0.1) is 0 Å². The van der Waals surface area contributed by atoms with Crippen LogP contribution in [0.15, 0.2) is 24.3 Å². The Bertz CT molecular complexity index is 313. The highest BCUT2D eigenvalue weighted by Crippen LogP contribution is 2.16.